The van der Waals surface area contributed by atoms with E-state index in [9.17, 15) is 9.90 Å². The molecule has 6 heteroatoms. The summed E-state index contributed by atoms with van der Waals surface area (Å²) in [5.41, 5.74) is 0.00214. The van der Waals surface area contributed by atoms with E-state index < -0.39 is 5.60 Å². The Labute approximate surface area is 141 Å². The van der Waals surface area contributed by atoms with Gasteiger partial charge in [-0.05, 0) is 25.3 Å². The molecule has 2 heterocycles. The van der Waals surface area contributed by atoms with Crippen LogP contribution in [0.15, 0.2) is 42.7 Å². The zero-order valence-corrected chi connectivity index (χ0v) is 13.9. The van der Waals surface area contributed by atoms with Gasteiger partial charge in [0.25, 0.3) is 0 Å². The fraction of sp³-hybridized carbons (Fsp3) is 0.444. The van der Waals surface area contributed by atoms with E-state index in [0.717, 1.165) is 17.8 Å². The Kier molecular flexibility index (Phi) is 4.85. The van der Waals surface area contributed by atoms with Crippen molar-refractivity contribution in [1.29, 1.82) is 0 Å². The zero-order chi connectivity index (χ0) is 17.0. The van der Waals surface area contributed by atoms with Crippen molar-refractivity contribution in [3.8, 4) is 0 Å². The van der Waals surface area contributed by atoms with E-state index in [0.29, 0.717) is 19.5 Å². The molecule has 0 spiro atoms. The Morgan fingerprint density at radius 3 is 2.88 bits per heavy atom. The van der Waals surface area contributed by atoms with E-state index in [1.54, 1.807) is 11.1 Å². The molecule has 1 atom stereocenters. The first-order chi connectivity index (χ1) is 11.6. The van der Waals surface area contributed by atoms with Crippen LogP contribution in [0.1, 0.15) is 24.2 Å². The first-order valence-corrected chi connectivity index (χ1v) is 8.21. The van der Waals surface area contributed by atoms with Gasteiger partial charge in [0.05, 0.1) is 13.1 Å². The van der Waals surface area contributed by atoms with Gasteiger partial charge in [-0.15, -0.1) is 0 Å². The fourth-order valence-corrected chi connectivity index (χ4v) is 3.10. The van der Waals surface area contributed by atoms with Crippen molar-refractivity contribution in [1.82, 2.24) is 14.5 Å². The van der Waals surface area contributed by atoms with Crippen molar-refractivity contribution in [2.75, 3.05) is 13.1 Å². The number of piperidine rings is 1. The van der Waals surface area contributed by atoms with Crippen LogP contribution in [0.2, 0.25) is 0 Å². The molecule has 0 saturated carbocycles. The van der Waals surface area contributed by atoms with Crippen LogP contribution in [0, 0.1) is 6.92 Å². The highest BCUT2D eigenvalue weighted by atomic mass is 16.6. The molecule has 2 aromatic rings. The number of carbonyl (C=O) groups is 1. The van der Waals surface area contributed by atoms with Crippen LogP contribution >= 0.6 is 0 Å². The summed E-state index contributed by atoms with van der Waals surface area (Å²) in [6.45, 7) is 3.46. The summed E-state index contributed by atoms with van der Waals surface area (Å²) in [5, 5.41) is 10.9. The van der Waals surface area contributed by atoms with Crippen LogP contribution in [0.3, 0.4) is 0 Å². The highest BCUT2D eigenvalue weighted by molar-refractivity contribution is 5.67. The first kappa shape index (κ1) is 16.5. The number of likely N-dealkylation sites (tertiary alicyclic amines) is 1. The minimum atomic E-state index is -0.949. The van der Waals surface area contributed by atoms with E-state index >= 15 is 0 Å². The lowest BCUT2D eigenvalue weighted by molar-refractivity contribution is -0.0421. The number of nitrogens with zero attached hydrogens (tertiary/aromatic N) is 3. The first-order valence-electron chi connectivity index (χ1n) is 8.21. The van der Waals surface area contributed by atoms with Crippen molar-refractivity contribution in [3.05, 3.63) is 54.1 Å². The number of hydrogen-bond acceptors (Lipinski definition) is 4. The van der Waals surface area contributed by atoms with Crippen LogP contribution in [-0.2, 0) is 17.9 Å². The Bertz CT molecular complexity index is 686. The quantitative estimate of drug-likeness (QED) is 0.935. The van der Waals surface area contributed by atoms with Crippen molar-refractivity contribution in [2.24, 2.45) is 0 Å². The molecule has 0 radical (unpaired) electrons. The number of hydrogen-bond donors (Lipinski definition) is 1. The molecule has 6 nitrogen and oxygen atoms in total. The van der Waals surface area contributed by atoms with Gasteiger partial charge in [-0.3, -0.25) is 0 Å². The second-order valence-electron chi connectivity index (χ2n) is 6.39. The molecule has 1 amide bonds. The number of rotatable bonds is 4. The lowest BCUT2D eigenvalue weighted by Gasteiger charge is -2.38. The number of benzene rings is 1. The number of carbonyl (C=O) groups excluding carboxylic acids is 1. The molecule has 3 rings (SSSR count). The largest absolute Gasteiger partial charge is 0.445 e. The molecule has 1 saturated heterocycles. The van der Waals surface area contributed by atoms with Crippen LogP contribution in [-0.4, -0.2) is 44.3 Å². The average Bonchev–Trinajstić information content (AvgIpc) is 2.98. The lowest BCUT2D eigenvalue weighted by Crippen LogP contribution is -2.52. The molecule has 128 valence electrons. The minimum Gasteiger partial charge on any atom is -0.445 e. The maximum Gasteiger partial charge on any atom is 0.410 e. The molecular weight excluding hydrogens is 306 g/mol. The number of aryl methyl sites for hydroxylation is 1. The summed E-state index contributed by atoms with van der Waals surface area (Å²) in [6.07, 6.45) is 4.60. The monoisotopic (exact) mass is 329 g/mol. The number of amides is 1. The maximum absolute atomic E-state index is 12.3. The SMILES string of the molecule is Cc1nccn1CC1(O)CCCN(C(=O)OCc2ccccc2)C1. The number of aromatic nitrogens is 2. The maximum atomic E-state index is 12.3. The molecule has 0 bridgehead atoms. The van der Waals surface area contributed by atoms with Gasteiger partial charge in [0.2, 0.25) is 0 Å². The third kappa shape index (κ3) is 3.94. The second kappa shape index (κ2) is 7.05. The van der Waals surface area contributed by atoms with E-state index in [4.69, 9.17) is 4.74 Å². The topological polar surface area (TPSA) is 67.6 Å². The normalized spacial score (nSPS) is 20.8. The molecule has 1 aliphatic rings. The zero-order valence-electron chi connectivity index (χ0n) is 13.9. The van der Waals surface area contributed by atoms with Gasteiger partial charge in [0.15, 0.2) is 0 Å². The van der Waals surface area contributed by atoms with Gasteiger partial charge in [-0.1, -0.05) is 30.3 Å². The van der Waals surface area contributed by atoms with Gasteiger partial charge in [0.1, 0.15) is 18.0 Å². The molecule has 1 aromatic heterocycles. The van der Waals surface area contributed by atoms with Gasteiger partial charge in [0, 0.05) is 18.9 Å². The molecular formula is C18H23N3O3. The number of β-amino-alcohol motifs (C(OH)–C–C–N with tert-alkyl or cyclic N) is 1. The summed E-state index contributed by atoms with van der Waals surface area (Å²) in [5.74, 6) is 0.854. The summed E-state index contributed by atoms with van der Waals surface area (Å²) >= 11 is 0. The van der Waals surface area contributed by atoms with E-state index in [1.165, 1.54) is 0 Å². The van der Waals surface area contributed by atoms with Crippen molar-refractivity contribution in [2.45, 2.75) is 38.5 Å². The van der Waals surface area contributed by atoms with Crippen LogP contribution in [0.5, 0.6) is 0 Å². The van der Waals surface area contributed by atoms with Gasteiger partial charge >= 0.3 is 6.09 Å². The second-order valence-corrected chi connectivity index (χ2v) is 6.39. The van der Waals surface area contributed by atoms with Gasteiger partial charge in [-0.2, -0.15) is 0 Å². The summed E-state index contributed by atoms with van der Waals surface area (Å²) < 4.78 is 7.29. The van der Waals surface area contributed by atoms with Crippen LogP contribution < -0.4 is 0 Å². The molecule has 1 N–H and O–H groups in total. The standard InChI is InChI=1S/C18H23N3O3/c1-15-19-9-11-20(15)13-18(23)8-5-10-21(14-18)17(22)24-12-16-6-3-2-4-7-16/h2-4,6-7,9,11,23H,5,8,10,12-14H2,1H3. The number of ether oxygens (including phenoxy) is 1. The highest BCUT2D eigenvalue weighted by Crippen LogP contribution is 2.24. The Morgan fingerprint density at radius 2 is 2.17 bits per heavy atom. The van der Waals surface area contributed by atoms with Crippen molar-refractivity contribution < 1.29 is 14.6 Å². The van der Waals surface area contributed by atoms with E-state index in [2.05, 4.69) is 4.98 Å². The molecule has 24 heavy (non-hydrogen) atoms. The van der Waals surface area contributed by atoms with Crippen LogP contribution in [0.4, 0.5) is 4.79 Å². The molecule has 1 aliphatic heterocycles. The molecule has 1 fully saturated rings. The molecule has 1 aromatic carbocycles. The predicted octanol–water partition coefficient (Wildman–Crippen LogP) is 2.36. The third-order valence-corrected chi connectivity index (χ3v) is 4.41. The van der Waals surface area contributed by atoms with Gasteiger partial charge in [-0.25, -0.2) is 9.78 Å². The number of aliphatic hydroxyl groups is 1. The number of imidazole rings is 1. The third-order valence-electron chi connectivity index (χ3n) is 4.41. The van der Waals surface area contributed by atoms with Gasteiger partial charge < -0.3 is 19.3 Å². The average molecular weight is 329 g/mol. The summed E-state index contributed by atoms with van der Waals surface area (Å²) in [7, 11) is 0. The Balaban J connectivity index is 1.58. The summed E-state index contributed by atoms with van der Waals surface area (Å²) in [6, 6.07) is 9.59. The summed E-state index contributed by atoms with van der Waals surface area (Å²) in [4.78, 5) is 18.1. The highest BCUT2D eigenvalue weighted by Gasteiger charge is 2.36. The molecule has 1 unspecified atom stereocenters. The van der Waals surface area contributed by atoms with E-state index in [-0.39, 0.29) is 19.2 Å². The van der Waals surface area contributed by atoms with Crippen molar-refractivity contribution in [3.63, 3.8) is 0 Å². The Hall–Kier alpha value is -2.34. The minimum absolute atomic E-state index is 0.245. The van der Waals surface area contributed by atoms with Crippen LogP contribution in [0.25, 0.3) is 0 Å². The van der Waals surface area contributed by atoms with E-state index in [1.807, 2.05) is 48.0 Å². The molecule has 0 aliphatic carbocycles. The predicted molar refractivity (Wildman–Crippen MR) is 89.3 cm³/mol. The lowest BCUT2D eigenvalue weighted by atomic mass is 9.93. The fourth-order valence-electron chi connectivity index (χ4n) is 3.10. The Morgan fingerprint density at radius 1 is 1.38 bits per heavy atom. The van der Waals surface area contributed by atoms with Crippen molar-refractivity contribution >= 4 is 6.09 Å². The smallest absolute Gasteiger partial charge is 0.410 e.